The van der Waals surface area contributed by atoms with Gasteiger partial charge in [0.05, 0.1) is 17.5 Å². The first-order valence-corrected chi connectivity index (χ1v) is 12.3. The highest BCUT2D eigenvalue weighted by atomic mass is 32.2. The minimum Gasteiger partial charge on any atom is -0.339 e. The molecule has 1 saturated heterocycles. The Balaban J connectivity index is 1.30. The monoisotopic (exact) mass is 479 g/mol. The quantitative estimate of drug-likeness (QED) is 0.552. The van der Waals surface area contributed by atoms with Crippen LogP contribution in [-0.2, 0) is 21.4 Å². The lowest BCUT2D eigenvalue weighted by molar-refractivity contribution is -0.134. The zero-order chi connectivity index (χ0) is 22.7. The predicted octanol–water partition coefficient (Wildman–Crippen LogP) is 1.95. The van der Waals surface area contributed by atoms with Crippen LogP contribution in [0.2, 0.25) is 0 Å². The molecule has 170 valence electrons. The van der Waals surface area contributed by atoms with Gasteiger partial charge in [0, 0.05) is 26.2 Å². The summed E-state index contributed by atoms with van der Waals surface area (Å²) in [6.45, 7) is 3.94. The largest absolute Gasteiger partial charge is 0.339 e. The summed E-state index contributed by atoms with van der Waals surface area (Å²) in [5, 5.41) is 5.94. The molecule has 32 heavy (non-hydrogen) atoms. The van der Waals surface area contributed by atoms with Crippen molar-refractivity contribution in [3.63, 3.8) is 0 Å². The molecule has 0 bridgehead atoms. The number of nitrogens with zero attached hydrogens (tertiary/aromatic N) is 4. The average molecular weight is 480 g/mol. The SMILES string of the molecule is C[C@H](NS(=O)(=O)c1ccccc1F)C(=O)N1CCN(Cc2nc(-c3cccs3)no2)CC1. The van der Waals surface area contributed by atoms with Crippen molar-refractivity contribution < 1.29 is 22.1 Å². The number of carbonyl (C=O) groups excluding carboxylic acids is 1. The summed E-state index contributed by atoms with van der Waals surface area (Å²) >= 11 is 1.53. The van der Waals surface area contributed by atoms with E-state index in [0.717, 1.165) is 17.0 Å². The Labute approximate surface area is 188 Å². The Morgan fingerprint density at radius 1 is 1.22 bits per heavy atom. The number of halogens is 1. The lowest BCUT2D eigenvalue weighted by Gasteiger charge is -2.35. The molecule has 9 nitrogen and oxygen atoms in total. The van der Waals surface area contributed by atoms with E-state index in [2.05, 4.69) is 19.8 Å². The molecule has 1 aromatic carbocycles. The van der Waals surface area contributed by atoms with Gasteiger partial charge in [0.1, 0.15) is 10.7 Å². The number of piperazine rings is 1. The fourth-order valence-electron chi connectivity index (χ4n) is 3.43. The molecule has 1 aliphatic heterocycles. The van der Waals surface area contributed by atoms with Crippen LogP contribution in [0.5, 0.6) is 0 Å². The predicted molar refractivity (Wildman–Crippen MR) is 116 cm³/mol. The van der Waals surface area contributed by atoms with E-state index >= 15 is 0 Å². The van der Waals surface area contributed by atoms with E-state index in [9.17, 15) is 17.6 Å². The van der Waals surface area contributed by atoms with Gasteiger partial charge in [0.25, 0.3) is 0 Å². The van der Waals surface area contributed by atoms with Gasteiger partial charge in [-0.25, -0.2) is 12.8 Å². The van der Waals surface area contributed by atoms with E-state index < -0.39 is 26.8 Å². The van der Waals surface area contributed by atoms with E-state index in [4.69, 9.17) is 4.52 Å². The highest BCUT2D eigenvalue weighted by Crippen LogP contribution is 2.22. The molecular formula is C20H22FN5O4S2. The van der Waals surface area contributed by atoms with Crippen LogP contribution >= 0.6 is 11.3 Å². The third-order valence-electron chi connectivity index (χ3n) is 5.08. The second kappa shape index (κ2) is 9.45. The van der Waals surface area contributed by atoms with Crippen LogP contribution in [0.25, 0.3) is 10.7 Å². The van der Waals surface area contributed by atoms with E-state index in [1.165, 1.54) is 30.4 Å². The number of thiophene rings is 1. The zero-order valence-electron chi connectivity index (χ0n) is 17.3. The molecule has 2 aromatic heterocycles. The van der Waals surface area contributed by atoms with Crippen LogP contribution in [0.1, 0.15) is 12.8 Å². The van der Waals surface area contributed by atoms with Gasteiger partial charge in [-0.1, -0.05) is 23.4 Å². The van der Waals surface area contributed by atoms with Gasteiger partial charge in [-0.2, -0.15) is 9.71 Å². The Hall–Kier alpha value is -2.67. The lowest BCUT2D eigenvalue weighted by Crippen LogP contribution is -2.53. The highest BCUT2D eigenvalue weighted by molar-refractivity contribution is 7.89. The Morgan fingerprint density at radius 2 is 1.97 bits per heavy atom. The fourth-order valence-corrected chi connectivity index (χ4v) is 5.35. The van der Waals surface area contributed by atoms with Crippen LogP contribution < -0.4 is 4.72 Å². The molecule has 1 amide bonds. The first kappa shape index (κ1) is 22.5. The van der Waals surface area contributed by atoms with Gasteiger partial charge in [-0.15, -0.1) is 11.3 Å². The van der Waals surface area contributed by atoms with Crippen molar-refractivity contribution in [3.8, 4) is 10.7 Å². The number of rotatable bonds is 7. The van der Waals surface area contributed by atoms with Crippen molar-refractivity contribution in [1.82, 2.24) is 24.7 Å². The Bertz CT molecular complexity index is 1170. The minimum atomic E-state index is -4.15. The maximum absolute atomic E-state index is 13.9. The number of aromatic nitrogens is 2. The highest BCUT2D eigenvalue weighted by Gasteiger charge is 2.29. The molecule has 12 heteroatoms. The maximum Gasteiger partial charge on any atom is 0.244 e. The molecule has 0 aliphatic carbocycles. The Morgan fingerprint density at radius 3 is 2.66 bits per heavy atom. The van der Waals surface area contributed by atoms with Crippen molar-refractivity contribution in [2.45, 2.75) is 24.4 Å². The van der Waals surface area contributed by atoms with Crippen LogP contribution in [0.15, 0.2) is 51.2 Å². The molecule has 0 unspecified atom stereocenters. The van der Waals surface area contributed by atoms with Crippen molar-refractivity contribution >= 4 is 27.3 Å². The smallest absolute Gasteiger partial charge is 0.244 e. The lowest BCUT2D eigenvalue weighted by atomic mass is 10.2. The van der Waals surface area contributed by atoms with E-state index in [-0.39, 0.29) is 5.91 Å². The van der Waals surface area contributed by atoms with Crippen molar-refractivity contribution in [2.24, 2.45) is 0 Å². The van der Waals surface area contributed by atoms with Crippen molar-refractivity contribution in [3.05, 3.63) is 53.5 Å². The standard InChI is InChI=1S/C20H22FN5O4S2/c1-14(24-32(28,29)17-7-3-2-5-15(17)21)20(27)26-10-8-25(9-11-26)13-18-22-19(23-30-18)16-6-4-12-31-16/h2-7,12,14,24H,8-11,13H2,1H3/t14-/m0/s1. The zero-order valence-corrected chi connectivity index (χ0v) is 18.9. The normalized spacial score (nSPS) is 16.2. The number of nitrogens with one attached hydrogen (secondary N) is 1. The average Bonchev–Trinajstić information content (AvgIpc) is 3.45. The summed E-state index contributed by atoms with van der Waals surface area (Å²) in [5.74, 6) is -0.169. The number of amides is 1. The number of carbonyl (C=O) groups is 1. The van der Waals surface area contributed by atoms with Gasteiger partial charge >= 0.3 is 0 Å². The molecule has 1 fully saturated rings. The summed E-state index contributed by atoms with van der Waals surface area (Å²) in [6.07, 6.45) is 0. The van der Waals surface area contributed by atoms with Gasteiger partial charge < -0.3 is 9.42 Å². The molecule has 0 saturated carbocycles. The first-order chi connectivity index (χ1) is 15.3. The number of hydrogen-bond acceptors (Lipinski definition) is 8. The summed E-state index contributed by atoms with van der Waals surface area (Å²) in [6, 6.07) is 7.88. The van der Waals surface area contributed by atoms with Gasteiger partial charge in [-0.3, -0.25) is 9.69 Å². The second-order valence-electron chi connectivity index (χ2n) is 7.36. The molecular weight excluding hydrogens is 457 g/mol. The van der Waals surface area contributed by atoms with Crippen LogP contribution in [0, 0.1) is 5.82 Å². The summed E-state index contributed by atoms with van der Waals surface area (Å²) in [7, 11) is -4.15. The molecule has 0 spiro atoms. The molecule has 3 aromatic rings. The molecule has 1 atom stereocenters. The minimum absolute atomic E-state index is 0.359. The van der Waals surface area contributed by atoms with E-state index in [0.29, 0.717) is 44.4 Å². The van der Waals surface area contributed by atoms with Crippen molar-refractivity contribution in [2.75, 3.05) is 26.2 Å². The summed E-state index contributed by atoms with van der Waals surface area (Å²) in [5.41, 5.74) is 0. The van der Waals surface area contributed by atoms with Crippen LogP contribution in [-0.4, -0.2) is 66.5 Å². The summed E-state index contributed by atoms with van der Waals surface area (Å²) < 4.78 is 46.3. The van der Waals surface area contributed by atoms with Crippen LogP contribution in [0.4, 0.5) is 4.39 Å². The van der Waals surface area contributed by atoms with Crippen molar-refractivity contribution in [1.29, 1.82) is 0 Å². The molecule has 3 heterocycles. The van der Waals surface area contributed by atoms with Gasteiger partial charge in [0.2, 0.25) is 27.6 Å². The molecule has 4 rings (SSSR count). The topological polar surface area (TPSA) is 109 Å². The van der Waals surface area contributed by atoms with Crippen LogP contribution in [0.3, 0.4) is 0 Å². The number of sulfonamides is 1. The number of hydrogen-bond donors (Lipinski definition) is 1. The Kier molecular flexibility index (Phi) is 6.65. The number of benzene rings is 1. The third-order valence-corrected chi connectivity index (χ3v) is 7.52. The molecule has 1 N–H and O–H groups in total. The molecule has 1 aliphatic rings. The maximum atomic E-state index is 13.9. The van der Waals surface area contributed by atoms with E-state index in [1.807, 2.05) is 17.5 Å². The van der Waals surface area contributed by atoms with Gasteiger partial charge in [0.15, 0.2) is 0 Å². The first-order valence-electron chi connectivity index (χ1n) is 9.98. The second-order valence-corrected chi connectivity index (χ2v) is 9.99. The van der Waals surface area contributed by atoms with Gasteiger partial charge in [-0.05, 0) is 30.5 Å². The molecule has 0 radical (unpaired) electrons. The summed E-state index contributed by atoms with van der Waals surface area (Å²) in [4.78, 5) is 21.3. The van der Waals surface area contributed by atoms with E-state index in [1.54, 1.807) is 4.90 Å². The third kappa shape index (κ3) is 5.04. The fraction of sp³-hybridized carbons (Fsp3) is 0.350.